The van der Waals surface area contributed by atoms with Gasteiger partial charge in [0.25, 0.3) is 0 Å². The van der Waals surface area contributed by atoms with Crippen LogP contribution in [0.2, 0.25) is 5.02 Å². The quantitative estimate of drug-likeness (QED) is 0.545. The number of hydrogen-bond acceptors (Lipinski definition) is 4. The van der Waals surface area contributed by atoms with Gasteiger partial charge >= 0.3 is 0 Å². The molecule has 2 N–H and O–H groups in total. The van der Waals surface area contributed by atoms with Crippen molar-refractivity contribution >= 4 is 17.5 Å². The zero-order valence-corrected chi connectivity index (χ0v) is 19.1. The maximum atomic E-state index is 13.1. The van der Waals surface area contributed by atoms with Crippen LogP contribution in [0.4, 0.5) is 0 Å². The van der Waals surface area contributed by atoms with Crippen molar-refractivity contribution in [3.8, 4) is 0 Å². The highest BCUT2D eigenvalue weighted by molar-refractivity contribution is 6.30. The van der Waals surface area contributed by atoms with Crippen molar-refractivity contribution in [2.45, 2.75) is 45.1 Å². The van der Waals surface area contributed by atoms with Gasteiger partial charge in [0.2, 0.25) is 5.91 Å². The topological polar surface area (TPSA) is 57.3 Å². The van der Waals surface area contributed by atoms with Gasteiger partial charge in [-0.05, 0) is 48.2 Å². The molecule has 5 nitrogen and oxygen atoms in total. The predicted molar refractivity (Wildman–Crippen MR) is 128 cm³/mol. The molecule has 1 aliphatic rings. The zero-order chi connectivity index (χ0) is 22.3. The first-order valence-electron chi connectivity index (χ1n) is 11.0. The van der Waals surface area contributed by atoms with Gasteiger partial charge in [-0.15, -0.1) is 0 Å². The van der Waals surface area contributed by atoms with Gasteiger partial charge in [0.05, 0.1) is 6.04 Å². The third kappa shape index (κ3) is 6.16. The minimum absolute atomic E-state index is 0.0516. The normalized spacial score (nSPS) is 18.6. The molecule has 2 aromatic carbocycles. The van der Waals surface area contributed by atoms with E-state index in [1.165, 1.54) is 11.1 Å². The molecule has 1 fully saturated rings. The average molecular weight is 449 g/mol. The Morgan fingerprint density at radius 2 is 1.88 bits per heavy atom. The molecule has 1 aliphatic heterocycles. The summed E-state index contributed by atoms with van der Waals surface area (Å²) >= 11 is 6.19. The molecule has 0 aliphatic carbocycles. The summed E-state index contributed by atoms with van der Waals surface area (Å²) in [5.41, 5.74) is 4.62. The van der Waals surface area contributed by atoms with Gasteiger partial charge in [-0.1, -0.05) is 59.6 Å². The maximum absolute atomic E-state index is 13.1. The number of aryl methyl sites for hydroxylation is 1. The van der Waals surface area contributed by atoms with E-state index in [0.29, 0.717) is 18.1 Å². The fraction of sp³-hybridized carbons (Fsp3) is 0.308. The molecule has 0 radical (unpaired) electrons. The monoisotopic (exact) mass is 448 g/mol. The number of pyridine rings is 1. The largest absolute Gasteiger partial charge is 0.351 e. The van der Waals surface area contributed by atoms with E-state index >= 15 is 0 Å². The molecule has 0 spiro atoms. The number of likely N-dealkylation sites (tertiary alicyclic amines) is 1. The van der Waals surface area contributed by atoms with Gasteiger partial charge in [-0.2, -0.15) is 0 Å². The van der Waals surface area contributed by atoms with Crippen LogP contribution in [0.5, 0.6) is 0 Å². The van der Waals surface area contributed by atoms with Crippen LogP contribution in [-0.2, 0) is 24.4 Å². The lowest BCUT2D eigenvalue weighted by molar-refractivity contribution is -0.125. The molecule has 1 amide bonds. The first kappa shape index (κ1) is 22.5. The number of nitrogens with one attached hydrogen (secondary N) is 2. The van der Waals surface area contributed by atoms with Gasteiger partial charge in [0.1, 0.15) is 0 Å². The molecule has 0 unspecified atom stereocenters. The van der Waals surface area contributed by atoms with Crippen molar-refractivity contribution in [3.63, 3.8) is 0 Å². The number of nitrogens with zero attached hydrogens (tertiary/aromatic N) is 2. The Morgan fingerprint density at radius 3 is 2.66 bits per heavy atom. The van der Waals surface area contributed by atoms with Crippen LogP contribution in [0, 0.1) is 6.92 Å². The number of carbonyl (C=O) groups is 1. The summed E-state index contributed by atoms with van der Waals surface area (Å²) in [6, 6.07) is 20.3. The second-order valence-corrected chi connectivity index (χ2v) is 8.89. The molecular formula is C26H29ClN4O. The first-order chi connectivity index (χ1) is 15.6. The number of hydrogen-bond donors (Lipinski definition) is 2. The van der Waals surface area contributed by atoms with E-state index in [2.05, 4.69) is 57.8 Å². The van der Waals surface area contributed by atoms with Crippen molar-refractivity contribution in [2.75, 3.05) is 6.54 Å². The Morgan fingerprint density at radius 1 is 1.06 bits per heavy atom. The van der Waals surface area contributed by atoms with Crippen LogP contribution in [0.25, 0.3) is 0 Å². The van der Waals surface area contributed by atoms with E-state index < -0.39 is 0 Å². The minimum atomic E-state index is -0.194. The van der Waals surface area contributed by atoms with Crippen molar-refractivity contribution < 1.29 is 4.79 Å². The highest BCUT2D eigenvalue weighted by Crippen LogP contribution is 2.23. The van der Waals surface area contributed by atoms with Crippen LogP contribution in [-0.4, -0.2) is 34.4 Å². The molecule has 32 heavy (non-hydrogen) atoms. The summed E-state index contributed by atoms with van der Waals surface area (Å²) in [6.07, 6.45) is 4.29. The van der Waals surface area contributed by atoms with Gasteiger partial charge in [-0.3, -0.25) is 14.7 Å². The standard InChI is InChI=1S/C26H29ClN4O/c1-19-5-2-6-20(11-19)15-29-24-13-25(26(32)30-16-22-8-4-10-28-14-22)31(18-24)17-21-7-3-9-23(27)12-21/h2-12,14,24-25,29H,13,15-18H2,1H3,(H,30,32)/t24-,25-/m0/s1. The molecule has 0 bridgehead atoms. The third-order valence-electron chi connectivity index (χ3n) is 5.85. The Labute approximate surface area is 194 Å². The van der Waals surface area contributed by atoms with E-state index in [0.717, 1.165) is 30.6 Å². The zero-order valence-electron chi connectivity index (χ0n) is 18.3. The van der Waals surface area contributed by atoms with E-state index in [1.807, 2.05) is 30.3 Å². The summed E-state index contributed by atoms with van der Waals surface area (Å²) in [4.78, 5) is 19.5. The first-order valence-corrected chi connectivity index (χ1v) is 11.4. The van der Waals surface area contributed by atoms with Crippen LogP contribution < -0.4 is 10.6 Å². The van der Waals surface area contributed by atoms with Gasteiger partial charge in [0, 0.05) is 49.6 Å². The molecule has 6 heteroatoms. The number of aromatic nitrogens is 1. The molecule has 2 heterocycles. The number of carbonyl (C=O) groups excluding carboxylic acids is 1. The van der Waals surface area contributed by atoms with Crippen molar-refractivity contribution in [3.05, 3.63) is 100 Å². The fourth-order valence-electron chi connectivity index (χ4n) is 4.26. The van der Waals surface area contributed by atoms with E-state index in [9.17, 15) is 4.79 Å². The second kappa shape index (κ2) is 10.7. The fourth-order valence-corrected chi connectivity index (χ4v) is 4.48. The molecule has 3 aromatic rings. The SMILES string of the molecule is Cc1cccc(CN[C@H]2C[C@@H](C(=O)NCc3cccnc3)N(Cc3cccc(Cl)c3)C2)c1. The molecule has 1 aromatic heterocycles. The third-order valence-corrected chi connectivity index (χ3v) is 6.08. The average Bonchev–Trinajstić information content (AvgIpc) is 3.19. The van der Waals surface area contributed by atoms with Gasteiger partial charge in [-0.25, -0.2) is 0 Å². The lowest BCUT2D eigenvalue weighted by Crippen LogP contribution is -2.42. The minimum Gasteiger partial charge on any atom is -0.351 e. The Bertz CT molecular complexity index is 1040. The molecule has 2 atom stereocenters. The molecule has 166 valence electrons. The number of amides is 1. The number of benzene rings is 2. The lowest BCUT2D eigenvalue weighted by atomic mass is 10.1. The summed E-state index contributed by atoms with van der Waals surface area (Å²) in [7, 11) is 0. The summed E-state index contributed by atoms with van der Waals surface area (Å²) in [5.74, 6) is 0.0516. The molecule has 0 saturated carbocycles. The lowest BCUT2D eigenvalue weighted by Gasteiger charge is -2.23. The second-order valence-electron chi connectivity index (χ2n) is 8.46. The van der Waals surface area contributed by atoms with Crippen molar-refractivity contribution in [1.82, 2.24) is 20.5 Å². The van der Waals surface area contributed by atoms with E-state index in [1.54, 1.807) is 12.4 Å². The summed E-state index contributed by atoms with van der Waals surface area (Å²) < 4.78 is 0. The van der Waals surface area contributed by atoms with Crippen molar-refractivity contribution in [2.24, 2.45) is 0 Å². The number of halogens is 1. The molecule has 4 rings (SSSR count). The Balaban J connectivity index is 1.42. The van der Waals surface area contributed by atoms with Crippen LogP contribution in [0.15, 0.2) is 73.1 Å². The van der Waals surface area contributed by atoms with Crippen LogP contribution >= 0.6 is 11.6 Å². The van der Waals surface area contributed by atoms with Crippen LogP contribution in [0.1, 0.15) is 28.7 Å². The summed E-state index contributed by atoms with van der Waals surface area (Å²) in [6.45, 7) is 4.88. The van der Waals surface area contributed by atoms with E-state index in [4.69, 9.17) is 11.6 Å². The maximum Gasteiger partial charge on any atom is 0.237 e. The van der Waals surface area contributed by atoms with Gasteiger partial charge in [0.15, 0.2) is 0 Å². The van der Waals surface area contributed by atoms with Gasteiger partial charge < -0.3 is 10.6 Å². The number of rotatable bonds is 8. The molecular weight excluding hydrogens is 420 g/mol. The molecule has 1 saturated heterocycles. The highest BCUT2D eigenvalue weighted by Gasteiger charge is 2.36. The Hall–Kier alpha value is -2.73. The summed E-state index contributed by atoms with van der Waals surface area (Å²) in [5, 5.41) is 7.46. The van der Waals surface area contributed by atoms with Crippen LogP contribution in [0.3, 0.4) is 0 Å². The smallest absolute Gasteiger partial charge is 0.237 e. The predicted octanol–water partition coefficient (Wildman–Crippen LogP) is 4.09. The Kier molecular flexibility index (Phi) is 7.53. The highest BCUT2D eigenvalue weighted by atomic mass is 35.5. The van der Waals surface area contributed by atoms with E-state index in [-0.39, 0.29) is 18.0 Å². The van der Waals surface area contributed by atoms with Crippen molar-refractivity contribution in [1.29, 1.82) is 0 Å².